The second-order valence-corrected chi connectivity index (χ2v) is 17.8. The lowest BCUT2D eigenvalue weighted by molar-refractivity contribution is -0.117. The fourth-order valence-electron chi connectivity index (χ4n) is 7.38. The van der Waals surface area contributed by atoms with Crippen LogP contribution in [0.15, 0.2) is 188 Å². The van der Waals surface area contributed by atoms with Crippen molar-refractivity contribution >= 4 is 58.3 Å². The highest BCUT2D eigenvalue weighted by molar-refractivity contribution is 7.95. The van der Waals surface area contributed by atoms with Crippen LogP contribution in [0.25, 0.3) is 28.3 Å². The highest BCUT2D eigenvalue weighted by Crippen LogP contribution is 2.40. The Morgan fingerprint density at radius 3 is 1.42 bits per heavy atom. The van der Waals surface area contributed by atoms with E-state index in [4.69, 9.17) is 9.47 Å². The number of halogens is 4. The normalized spacial score (nSPS) is 11.1. The number of carbonyl (C=O) groups excluding carboxylic acids is 1. The molecular formula is C55H50BF4N3O3S. The molecule has 12 heteroatoms. The summed E-state index contributed by atoms with van der Waals surface area (Å²) in [5.41, 5.74) is 12.6. The first-order valence-electron chi connectivity index (χ1n) is 21.4. The summed E-state index contributed by atoms with van der Waals surface area (Å²) in [5, 5.41) is 12.7. The standard InChI is InChI=1S/C55H49N3O3S.BF4/c1-60-51-32-24-45(25-33-51)54(46-26-34-52(61-2)35-27-46)53(43-12-7-5-8-13-43)44-20-18-41(19-21-44)42-22-30-50(31-23-42)58(48-14-9-6-10-15-48)49-28-16-40(17-29-49)38-47(39-56)55(59)57-36-11-37-62(3)4;2-1(3,4)5/h5-10,12-35,38H,11,36-37H2,1-4H3;/q;-1/p+1/b47-38+;. The number of methoxy groups -OCH3 is 2. The van der Waals surface area contributed by atoms with Crippen LogP contribution in [0.2, 0.25) is 0 Å². The summed E-state index contributed by atoms with van der Waals surface area (Å²) in [5.74, 6) is 2.31. The Bertz CT molecular complexity index is 2720. The van der Waals surface area contributed by atoms with Crippen molar-refractivity contribution in [3.8, 4) is 28.7 Å². The van der Waals surface area contributed by atoms with E-state index in [-0.39, 0.29) is 11.5 Å². The number of hydrogen-bond donors (Lipinski definition) is 1. The second-order valence-electron chi connectivity index (χ2n) is 15.4. The molecule has 1 amide bonds. The Morgan fingerprint density at radius 1 is 0.597 bits per heavy atom. The number of nitrogens with zero attached hydrogens (tertiary/aromatic N) is 2. The number of benzene rings is 7. The van der Waals surface area contributed by atoms with E-state index in [1.165, 1.54) is 0 Å². The molecule has 6 nitrogen and oxygen atoms in total. The number of ether oxygens (including phenoxy) is 2. The zero-order valence-electron chi connectivity index (χ0n) is 37.6. The second kappa shape index (κ2) is 23.6. The lowest BCUT2D eigenvalue weighted by Gasteiger charge is -2.25. The van der Waals surface area contributed by atoms with E-state index in [0.717, 1.165) is 90.8 Å². The Labute approximate surface area is 393 Å². The van der Waals surface area contributed by atoms with Gasteiger partial charge in [0.25, 0.3) is 5.91 Å². The molecule has 67 heavy (non-hydrogen) atoms. The van der Waals surface area contributed by atoms with Crippen molar-refractivity contribution < 1.29 is 31.5 Å². The van der Waals surface area contributed by atoms with E-state index in [2.05, 4.69) is 138 Å². The average molecular weight is 920 g/mol. The predicted molar refractivity (Wildman–Crippen MR) is 269 cm³/mol. The van der Waals surface area contributed by atoms with E-state index < -0.39 is 7.25 Å². The van der Waals surface area contributed by atoms with Gasteiger partial charge in [-0.05, 0) is 128 Å². The molecule has 1 N–H and O–H groups in total. The Morgan fingerprint density at radius 2 is 0.985 bits per heavy atom. The minimum absolute atomic E-state index is 0.0931. The van der Waals surface area contributed by atoms with Crippen molar-refractivity contribution in [2.75, 3.05) is 43.9 Å². The summed E-state index contributed by atoms with van der Waals surface area (Å²) < 4.78 is 50.0. The maximum Gasteiger partial charge on any atom is 0.673 e. The summed E-state index contributed by atoms with van der Waals surface area (Å²) >= 11 is 0. The molecule has 7 rings (SSSR count). The summed E-state index contributed by atoms with van der Waals surface area (Å²) in [6.45, 7) is 0.558. The summed E-state index contributed by atoms with van der Waals surface area (Å²) in [4.78, 5) is 15.0. The Hall–Kier alpha value is -7.49. The van der Waals surface area contributed by atoms with Gasteiger partial charge in [0.15, 0.2) is 0 Å². The summed E-state index contributed by atoms with van der Waals surface area (Å²) in [7, 11) is -2.31. The van der Waals surface area contributed by atoms with Gasteiger partial charge in [0, 0.05) is 30.0 Å². The maximum absolute atomic E-state index is 12.8. The van der Waals surface area contributed by atoms with E-state index in [9.17, 15) is 27.3 Å². The van der Waals surface area contributed by atoms with Gasteiger partial charge in [0.1, 0.15) is 28.9 Å². The lowest BCUT2D eigenvalue weighted by atomic mass is 9.85. The molecule has 0 aliphatic heterocycles. The third-order valence-electron chi connectivity index (χ3n) is 10.6. The van der Waals surface area contributed by atoms with Crippen LogP contribution in [0.4, 0.5) is 34.3 Å². The van der Waals surface area contributed by atoms with Crippen LogP contribution in [0.1, 0.15) is 34.2 Å². The van der Waals surface area contributed by atoms with Gasteiger partial charge in [0.05, 0.1) is 26.7 Å². The number of nitriles is 1. The van der Waals surface area contributed by atoms with Crippen LogP contribution in [0.3, 0.4) is 0 Å². The first-order chi connectivity index (χ1) is 32.3. The molecule has 0 radical (unpaired) electrons. The first kappa shape index (κ1) is 49.0. The molecule has 340 valence electrons. The number of anilines is 3. The van der Waals surface area contributed by atoms with Crippen LogP contribution < -0.4 is 19.7 Å². The monoisotopic (exact) mass is 919 g/mol. The fraction of sp³-hybridized carbons (Fsp3) is 0.127. The van der Waals surface area contributed by atoms with Gasteiger partial charge in [-0.2, -0.15) is 5.26 Å². The van der Waals surface area contributed by atoms with E-state index in [1.54, 1.807) is 20.3 Å². The molecule has 0 bridgehead atoms. The van der Waals surface area contributed by atoms with E-state index >= 15 is 0 Å². The molecule has 0 fully saturated rings. The lowest BCUT2D eigenvalue weighted by Crippen LogP contribution is -2.26. The third kappa shape index (κ3) is 14.0. The summed E-state index contributed by atoms with van der Waals surface area (Å²) in [6.07, 6.45) is 6.91. The molecule has 0 aromatic heterocycles. The van der Waals surface area contributed by atoms with Crippen molar-refractivity contribution in [3.05, 3.63) is 215 Å². The molecule has 7 aromatic rings. The van der Waals surface area contributed by atoms with Crippen molar-refractivity contribution in [1.82, 2.24) is 5.32 Å². The van der Waals surface area contributed by atoms with Gasteiger partial charge in [-0.15, -0.1) is 0 Å². The molecule has 0 unspecified atom stereocenters. The quantitative estimate of drug-likeness (QED) is 0.0199. The fourth-order valence-corrected chi connectivity index (χ4v) is 8.10. The van der Waals surface area contributed by atoms with Gasteiger partial charge in [0.2, 0.25) is 0 Å². The third-order valence-corrected chi connectivity index (χ3v) is 11.7. The van der Waals surface area contributed by atoms with Crippen LogP contribution in [-0.2, 0) is 15.7 Å². The molecular weight excluding hydrogens is 869 g/mol. The molecule has 0 saturated carbocycles. The van der Waals surface area contributed by atoms with Crippen molar-refractivity contribution in [2.24, 2.45) is 0 Å². The predicted octanol–water partition coefficient (Wildman–Crippen LogP) is 13.4. The van der Waals surface area contributed by atoms with Crippen LogP contribution >= 0.6 is 0 Å². The van der Waals surface area contributed by atoms with Crippen molar-refractivity contribution in [2.45, 2.75) is 6.42 Å². The smallest absolute Gasteiger partial charge is 0.497 e. The van der Waals surface area contributed by atoms with E-state index in [1.807, 2.05) is 72.8 Å². The largest absolute Gasteiger partial charge is 0.673 e. The van der Waals surface area contributed by atoms with Gasteiger partial charge < -0.3 is 37.0 Å². The van der Waals surface area contributed by atoms with Gasteiger partial charge >= 0.3 is 7.25 Å². The molecule has 0 aliphatic carbocycles. The van der Waals surface area contributed by atoms with Crippen LogP contribution in [0.5, 0.6) is 11.5 Å². The zero-order valence-corrected chi connectivity index (χ0v) is 38.5. The van der Waals surface area contributed by atoms with E-state index in [0.29, 0.717) is 17.4 Å². The number of nitrogens with one attached hydrogen (secondary N) is 1. The number of rotatable bonds is 16. The molecule has 0 atom stereocenters. The highest BCUT2D eigenvalue weighted by atomic mass is 32.2. The number of amides is 1. The Balaban J connectivity index is 0.00000141. The first-order valence-corrected chi connectivity index (χ1v) is 23.6. The van der Waals surface area contributed by atoms with Crippen LogP contribution in [0, 0.1) is 11.3 Å². The van der Waals surface area contributed by atoms with Gasteiger partial charge in [-0.1, -0.05) is 121 Å². The van der Waals surface area contributed by atoms with Crippen molar-refractivity contribution in [3.63, 3.8) is 0 Å². The highest BCUT2D eigenvalue weighted by Gasteiger charge is 2.21. The Kier molecular flexibility index (Phi) is 17.3. The average Bonchev–Trinajstić information content (AvgIpc) is 3.35. The van der Waals surface area contributed by atoms with Crippen LogP contribution in [-0.4, -0.2) is 52.2 Å². The summed E-state index contributed by atoms with van der Waals surface area (Å²) in [6, 6.07) is 64.6. The number of carbonyl (C=O) groups is 1. The molecule has 0 heterocycles. The molecule has 7 aromatic carbocycles. The van der Waals surface area contributed by atoms with Gasteiger partial charge in [-0.25, -0.2) is 0 Å². The number of para-hydroxylation sites is 1. The topological polar surface area (TPSA) is 74.6 Å². The minimum atomic E-state index is -6.00. The minimum Gasteiger partial charge on any atom is -0.497 e. The molecule has 0 saturated heterocycles. The van der Waals surface area contributed by atoms with Crippen molar-refractivity contribution in [1.29, 1.82) is 5.26 Å². The zero-order chi connectivity index (χ0) is 47.8. The van der Waals surface area contributed by atoms with Gasteiger partial charge in [-0.3, -0.25) is 4.79 Å². The SMILES string of the molecule is COc1ccc(C(=C(c2ccccc2)c2ccc(-c3ccc(N(c4ccccc4)c4ccc(/C=C(\C#N)C(=O)NCCC[S+](C)C)cc4)cc3)cc2)c2ccc(OC)cc2)cc1.F[B-](F)(F)F. The molecule has 0 spiro atoms. The number of hydrogen-bond acceptors (Lipinski definition) is 5. The maximum atomic E-state index is 12.8. The molecule has 0 aliphatic rings.